The quantitative estimate of drug-likeness (QED) is 0.757. The summed E-state index contributed by atoms with van der Waals surface area (Å²) >= 11 is 5.46. The molecule has 0 saturated carbocycles. The Morgan fingerprint density at radius 3 is 2.27 bits per heavy atom. The number of aromatic hydroxyl groups is 1. The lowest BCUT2D eigenvalue weighted by atomic mass is 10.3. The van der Waals surface area contributed by atoms with Crippen molar-refractivity contribution in [3.05, 3.63) is 53.4 Å². The average molecular weight is 225 g/mol. The summed E-state index contributed by atoms with van der Waals surface area (Å²) in [4.78, 5) is 9.77. The SMILES string of the molecule is O=Cc1ccco1.Oc1ccccc1Cl. The highest BCUT2D eigenvalue weighted by molar-refractivity contribution is 6.31. The number of phenolic OH excluding ortho intramolecular Hbond substituents is 1. The number of rotatable bonds is 1. The van der Waals surface area contributed by atoms with Gasteiger partial charge in [-0.15, -0.1) is 0 Å². The summed E-state index contributed by atoms with van der Waals surface area (Å²) in [7, 11) is 0. The third-order valence-electron chi connectivity index (χ3n) is 1.51. The van der Waals surface area contributed by atoms with Gasteiger partial charge < -0.3 is 9.52 Å². The van der Waals surface area contributed by atoms with Gasteiger partial charge in [0.1, 0.15) is 5.75 Å². The number of benzene rings is 1. The Bertz CT molecular complexity index is 389. The number of hydrogen-bond donors (Lipinski definition) is 1. The van der Waals surface area contributed by atoms with E-state index in [1.165, 1.54) is 6.26 Å². The number of carbonyl (C=O) groups is 1. The summed E-state index contributed by atoms with van der Waals surface area (Å²) in [6.07, 6.45) is 2.13. The van der Waals surface area contributed by atoms with Crippen molar-refractivity contribution in [3.8, 4) is 5.75 Å². The van der Waals surface area contributed by atoms with Crippen molar-refractivity contribution in [3.63, 3.8) is 0 Å². The number of furan rings is 1. The van der Waals surface area contributed by atoms with Crippen LogP contribution in [-0.2, 0) is 0 Å². The molecule has 2 aromatic rings. The van der Waals surface area contributed by atoms with E-state index in [1.807, 2.05) is 0 Å². The molecule has 15 heavy (non-hydrogen) atoms. The Hall–Kier alpha value is -1.74. The fourth-order valence-corrected chi connectivity index (χ4v) is 0.946. The Balaban J connectivity index is 0.000000151. The molecule has 1 N–H and O–H groups in total. The zero-order chi connectivity index (χ0) is 11.1. The summed E-state index contributed by atoms with van der Waals surface area (Å²) in [5.41, 5.74) is 0. The van der Waals surface area contributed by atoms with E-state index in [2.05, 4.69) is 4.42 Å². The molecule has 0 bridgehead atoms. The number of aldehydes is 1. The molecule has 2 rings (SSSR count). The number of phenols is 1. The molecule has 4 heteroatoms. The first kappa shape index (κ1) is 11.3. The molecule has 3 nitrogen and oxygen atoms in total. The van der Waals surface area contributed by atoms with Gasteiger partial charge in [-0.2, -0.15) is 0 Å². The summed E-state index contributed by atoms with van der Waals surface area (Å²) in [5.74, 6) is 0.508. The van der Waals surface area contributed by atoms with Crippen LogP contribution in [0, 0.1) is 0 Å². The Kier molecular flexibility index (Phi) is 4.44. The molecule has 0 unspecified atom stereocenters. The third-order valence-corrected chi connectivity index (χ3v) is 1.83. The van der Waals surface area contributed by atoms with Crippen LogP contribution in [0.4, 0.5) is 0 Å². The van der Waals surface area contributed by atoms with Crippen molar-refractivity contribution < 1.29 is 14.3 Å². The van der Waals surface area contributed by atoms with E-state index in [-0.39, 0.29) is 5.75 Å². The van der Waals surface area contributed by atoms with Gasteiger partial charge in [0, 0.05) is 0 Å². The van der Waals surface area contributed by atoms with Crippen LogP contribution in [0.2, 0.25) is 5.02 Å². The van der Waals surface area contributed by atoms with Gasteiger partial charge >= 0.3 is 0 Å². The second kappa shape index (κ2) is 5.88. The van der Waals surface area contributed by atoms with Crippen LogP contribution in [0.1, 0.15) is 10.6 Å². The maximum Gasteiger partial charge on any atom is 0.185 e. The van der Waals surface area contributed by atoms with Crippen LogP contribution >= 0.6 is 11.6 Å². The average Bonchev–Trinajstić information content (AvgIpc) is 2.76. The van der Waals surface area contributed by atoms with Gasteiger partial charge in [-0.25, -0.2) is 0 Å². The first-order chi connectivity index (χ1) is 7.24. The van der Waals surface area contributed by atoms with Crippen LogP contribution in [-0.4, -0.2) is 11.4 Å². The standard InChI is InChI=1S/C6H5ClO.C5H4O2/c7-5-3-1-2-4-6(5)8;6-4-5-2-1-3-7-5/h1-4,8H;1-4H. The predicted molar refractivity (Wildman–Crippen MR) is 57.2 cm³/mol. The van der Waals surface area contributed by atoms with Crippen molar-refractivity contribution in [2.45, 2.75) is 0 Å². The van der Waals surface area contributed by atoms with Crippen molar-refractivity contribution in [1.82, 2.24) is 0 Å². The largest absolute Gasteiger partial charge is 0.506 e. The summed E-state index contributed by atoms with van der Waals surface area (Å²) < 4.78 is 4.61. The Morgan fingerprint density at radius 1 is 1.20 bits per heavy atom. The highest BCUT2D eigenvalue weighted by Crippen LogP contribution is 2.20. The van der Waals surface area contributed by atoms with E-state index in [4.69, 9.17) is 16.7 Å². The van der Waals surface area contributed by atoms with Crippen molar-refractivity contribution in [1.29, 1.82) is 0 Å². The van der Waals surface area contributed by atoms with Gasteiger partial charge in [0.25, 0.3) is 0 Å². The highest BCUT2D eigenvalue weighted by atomic mass is 35.5. The third kappa shape index (κ3) is 3.87. The highest BCUT2D eigenvalue weighted by Gasteiger charge is 1.89. The zero-order valence-electron chi connectivity index (χ0n) is 7.76. The van der Waals surface area contributed by atoms with E-state index in [0.29, 0.717) is 17.1 Å². The number of para-hydroxylation sites is 1. The van der Waals surface area contributed by atoms with E-state index < -0.39 is 0 Å². The molecular weight excluding hydrogens is 216 g/mol. The van der Waals surface area contributed by atoms with Gasteiger partial charge in [0.15, 0.2) is 12.0 Å². The minimum Gasteiger partial charge on any atom is -0.506 e. The molecule has 0 radical (unpaired) electrons. The fraction of sp³-hybridized carbons (Fsp3) is 0. The molecule has 0 fully saturated rings. The zero-order valence-corrected chi connectivity index (χ0v) is 8.52. The molecule has 0 amide bonds. The molecule has 0 atom stereocenters. The maximum atomic E-state index is 9.77. The molecule has 1 heterocycles. The Labute approximate surface area is 91.9 Å². The molecule has 1 aromatic heterocycles. The normalized spacial score (nSPS) is 8.87. The van der Waals surface area contributed by atoms with Crippen LogP contribution in [0.3, 0.4) is 0 Å². The lowest BCUT2D eigenvalue weighted by molar-refractivity contribution is 0.110. The van der Waals surface area contributed by atoms with Gasteiger partial charge in [-0.05, 0) is 24.3 Å². The summed E-state index contributed by atoms with van der Waals surface area (Å²) in [6.45, 7) is 0. The van der Waals surface area contributed by atoms with E-state index in [0.717, 1.165) is 0 Å². The number of carbonyl (C=O) groups excluding carboxylic acids is 1. The van der Waals surface area contributed by atoms with Crippen molar-refractivity contribution >= 4 is 17.9 Å². The topological polar surface area (TPSA) is 50.4 Å². The molecule has 0 aliphatic heterocycles. The van der Waals surface area contributed by atoms with Gasteiger partial charge in [0.05, 0.1) is 11.3 Å². The van der Waals surface area contributed by atoms with Crippen LogP contribution in [0.5, 0.6) is 5.75 Å². The number of halogens is 1. The monoisotopic (exact) mass is 224 g/mol. The molecule has 0 aliphatic rings. The van der Waals surface area contributed by atoms with Gasteiger partial charge in [0.2, 0.25) is 0 Å². The van der Waals surface area contributed by atoms with Crippen LogP contribution < -0.4 is 0 Å². The second-order valence-electron chi connectivity index (χ2n) is 2.58. The van der Waals surface area contributed by atoms with Crippen LogP contribution in [0.15, 0.2) is 47.1 Å². The Morgan fingerprint density at radius 2 is 1.93 bits per heavy atom. The fourth-order valence-electron chi connectivity index (χ4n) is 0.810. The molecule has 0 aliphatic carbocycles. The minimum absolute atomic E-state index is 0.133. The minimum atomic E-state index is 0.133. The maximum absolute atomic E-state index is 9.77. The van der Waals surface area contributed by atoms with Crippen molar-refractivity contribution in [2.24, 2.45) is 0 Å². The lowest BCUT2D eigenvalue weighted by Crippen LogP contribution is -1.65. The molecular formula is C11H9ClO3. The summed E-state index contributed by atoms with van der Waals surface area (Å²) in [5, 5.41) is 9.18. The molecule has 0 saturated heterocycles. The second-order valence-corrected chi connectivity index (χ2v) is 2.99. The van der Waals surface area contributed by atoms with Gasteiger partial charge in [-0.3, -0.25) is 4.79 Å². The number of hydrogen-bond acceptors (Lipinski definition) is 3. The van der Waals surface area contributed by atoms with E-state index in [1.54, 1.807) is 36.4 Å². The van der Waals surface area contributed by atoms with Crippen LogP contribution in [0.25, 0.3) is 0 Å². The van der Waals surface area contributed by atoms with E-state index >= 15 is 0 Å². The predicted octanol–water partition coefficient (Wildman–Crippen LogP) is 3.14. The van der Waals surface area contributed by atoms with Crippen molar-refractivity contribution in [2.75, 3.05) is 0 Å². The summed E-state index contributed by atoms with van der Waals surface area (Å²) in [6, 6.07) is 9.94. The van der Waals surface area contributed by atoms with E-state index in [9.17, 15) is 4.79 Å². The lowest BCUT2D eigenvalue weighted by Gasteiger charge is -1.89. The molecule has 78 valence electrons. The first-order valence-electron chi connectivity index (χ1n) is 4.16. The molecule has 0 spiro atoms. The smallest absolute Gasteiger partial charge is 0.185 e. The first-order valence-corrected chi connectivity index (χ1v) is 4.54. The van der Waals surface area contributed by atoms with Gasteiger partial charge in [-0.1, -0.05) is 23.7 Å². The molecule has 1 aromatic carbocycles.